The molecule has 0 radical (unpaired) electrons. The molecule has 86 valence electrons. The molecule has 1 saturated carbocycles. The van der Waals surface area contributed by atoms with Crippen molar-refractivity contribution in [3.8, 4) is 0 Å². The summed E-state index contributed by atoms with van der Waals surface area (Å²) in [7, 11) is 0. The summed E-state index contributed by atoms with van der Waals surface area (Å²) >= 11 is 0. The second kappa shape index (κ2) is 5.11. The lowest BCUT2D eigenvalue weighted by Crippen LogP contribution is -2.39. The highest BCUT2D eigenvalue weighted by Crippen LogP contribution is 2.31. The topological polar surface area (TPSA) is 20.3 Å². The van der Waals surface area contributed by atoms with Gasteiger partial charge in [-0.05, 0) is 25.2 Å². The average molecular weight is 209 g/mol. The lowest BCUT2D eigenvalue weighted by molar-refractivity contribution is -0.117. The second-order valence-corrected chi connectivity index (χ2v) is 5.13. The van der Waals surface area contributed by atoms with Crippen LogP contribution < -0.4 is 0 Å². The smallest absolute Gasteiger partial charge is 0.148 e. The number of ketones is 1. The number of likely N-dealkylation sites (tertiary alicyclic amines) is 1. The zero-order valence-electron chi connectivity index (χ0n) is 9.87. The van der Waals surface area contributed by atoms with Crippen molar-refractivity contribution in [3.05, 3.63) is 0 Å². The number of carbonyl (C=O) groups is 1. The highest BCUT2D eigenvalue weighted by molar-refractivity contribution is 5.82. The minimum Gasteiger partial charge on any atom is -0.298 e. The van der Waals surface area contributed by atoms with Crippen molar-refractivity contribution in [1.82, 2.24) is 4.90 Å². The highest BCUT2D eigenvalue weighted by Gasteiger charge is 2.31. The third kappa shape index (κ3) is 2.60. The molecule has 0 aromatic carbocycles. The molecule has 1 saturated heterocycles. The van der Waals surface area contributed by atoms with E-state index < -0.39 is 0 Å². The molecular weight excluding hydrogens is 186 g/mol. The summed E-state index contributed by atoms with van der Waals surface area (Å²) in [6.07, 6.45) is 9.03. The summed E-state index contributed by atoms with van der Waals surface area (Å²) in [6.45, 7) is 4.03. The number of Topliss-reactive ketones (excluding diaryl/α,β-unsaturated/α-hetero) is 1. The van der Waals surface area contributed by atoms with Gasteiger partial charge in [-0.3, -0.25) is 9.69 Å². The summed E-state index contributed by atoms with van der Waals surface area (Å²) in [4.78, 5) is 13.8. The Labute approximate surface area is 93.0 Å². The molecule has 0 bridgehead atoms. The van der Waals surface area contributed by atoms with Crippen LogP contribution in [0.25, 0.3) is 0 Å². The monoisotopic (exact) mass is 209 g/mol. The maximum absolute atomic E-state index is 11.3. The molecule has 0 spiro atoms. The van der Waals surface area contributed by atoms with Gasteiger partial charge in [0.05, 0.1) is 6.54 Å². The van der Waals surface area contributed by atoms with E-state index in [1.54, 1.807) is 0 Å². The number of hydrogen-bond donors (Lipinski definition) is 0. The molecule has 1 atom stereocenters. The summed E-state index contributed by atoms with van der Waals surface area (Å²) in [5.41, 5.74) is 0. The van der Waals surface area contributed by atoms with Crippen LogP contribution in [0.2, 0.25) is 0 Å². The molecular formula is C13H23NO. The lowest BCUT2D eigenvalue weighted by atomic mass is 9.82. The standard InChI is InChI=1S/C13H23NO/c1-2-13(11-6-4-3-5-7-11)14-9-8-12(15)10-14/h11,13H,2-10H2,1H3. The number of hydrogen-bond acceptors (Lipinski definition) is 2. The molecule has 1 aliphatic heterocycles. The first-order valence-electron chi connectivity index (χ1n) is 6.57. The molecule has 2 rings (SSSR count). The van der Waals surface area contributed by atoms with Crippen molar-refractivity contribution in [2.75, 3.05) is 13.1 Å². The van der Waals surface area contributed by atoms with Gasteiger partial charge < -0.3 is 0 Å². The predicted octanol–water partition coefficient (Wildman–Crippen LogP) is 2.62. The van der Waals surface area contributed by atoms with E-state index in [1.807, 2.05) is 0 Å². The van der Waals surface area contributed by atoms with E-state index in [0.29, 0.717) is 11.8 Å². The Hall–Kier alpha value is -0.370. The predicted molar refractivity (Wildman–Crippen MR) is 61.9 cm³/mol. The van der Waals surface area contributed by atoms with E-state index in [1.165, 1.54) is 38.5 Å². The first kappa shape index (κ1) is 11.1. The van der Waals surface area contributed by atoms with E-state index in [-0.39, 0.29) is 0 Å². The van der Waals surface area contributed by atoms with Gasteiger partial charge in [0.25, 0.3) is 0 Å². The largest absolute Gasteiger partial charge is 0.298 e. The molecule has 0 aromatic rings. The zero-order chi connectivity index (χ0) is 10.7. The molecule has 1 aliphatic carbocycles. The van der Waals surface area contributed by atoms with Crippen molar-refractivity contribution in [3.63, 3.8) is 0 Å². The molecule has 0 aromatic heterocycles. The molecule has 15 heavy (non-hydrogen) atoms. The highest BCUT2D eigenvalue weighted by atomic mass is 16.1. The molecule has 1 heterocycles. The fraction of sp³-hybridized carbons (Fsp3) is 0.923. The third-order valence-electron chi connectivity index (χ3n) is 4.14. The molecule has 0 N–H and O–H groups in total. The van der Waals surface area contributed by atoms with Gasteiger partial charge in [-0.1, -0.05) is 26.2 Å². The van der Waals surface area contributed by atoms with Crippen molar-refractivity contribution < 1.29 is 4.79 Å². The number of rotatable bonds is 3. The summed E-state index contributed by atoms with van der Waals surface area (Å²) in [5.74, 6) is 1.32. The quantitative estimate of drug-likeness (QED) is 0.712. The Morgan fingerprint density at radius 2 is 2.07 bits per heavy atom. The fourth-order valence-corrected chi connectivity index (χ4v) is 3.34. The first-order valence-corrected chi connectivity index (χ1v) is 6.57. The molecule has 0 amide bonds. The number of carbonyl (C=O) groups excluding carboxylic acids is 1. The van der Waals surface area contributed by atoms with E-state index >= 15 is 0 Å². The van der Waals surface area contributed by atoms with Crippen LogP contribution in [0.4, 0.5) is 0 Å². The van der Waals surface area contributed by atoms with Gasteiger partial charge in [0.2, 0.25) is 0 Å². The maximum Gasteiger partial charge on any atom is 0.148 e. The van der Waals surface area contributed by atoms with Gasteiger partial charge in [-0.2, -0.15) is 0 Å². The van der Waals surface area contributed by atoms with Crippen LogP contribution in [0.3, 0.4) is 0 Å². The van der Waals surface area contributed by atoms with Gasteiger partial charge in [0.1, 0.15) is 5.78 Å². The van der Waals surface area contributed by atoms with Gasteiger partial charge in [-0.15, -0.1) is 0 Å². The van der Waals surface area contributed by atoms with Gasteiger partial charge in [-0.25, -0.2) is 0 Å². The van der Waals surface area contributed by atoms with Gasteiger partial charge in [0, 0.05) is 19.0 Å². The van der Waals surface area contributed by atoms with E-state index in [0.717, 1.165) is 25.4 Å². The minimum absolute atomic E-state index is 0.448. The molecule has 2 fully saturated rings. The van der Waals surface area contributed by atoms with Crippen molar-refractivity contribution in [2.24, 2.45) is 5.92 Å². The van der Waals surface area contributed by atoms with Crippen LogP contribution >= 0.6 is 0 Å². The Bertz CT molecular complexity index is 221. The van der Waals surface area contributed by atoms with Crippen LogP contribution in [-0.2, 0) is 4.79 Å². The molecule has 2 nitrogen and oxygen atoms in total. The summed E-state index contributed by atoms with van der Waals surface area (Å²) in [6, 6.07) is 0.691. The van der Waals surface area contributed by atoms with Crippen molar-refractivity contribution in [1.29, 1.82) is 0 Å². The Kier molecular flexibility index (Phi) is 3.79. The van der Waals surface area contributed by atoms with Crippen molar-refractivity contribution in [2.45, 2.75) is 57.9 Å². The van der Waals surface area contributed by atoms with Crippen LogP contribution in [0, 0.1) is 5.92 Å². The molecule has 2 aliphatic rings. The van der Waals surface area contributed by atoms with Crippen molar-refractivity contribution >= 4 is 5.78 Å². The van der Waals surface area contributed by atoms with Crippen LogP contribution in [0.15, 0.2) is 0 Å². The SMILES string of the molecule is CCC(C1CCCCC1)N1CCC(=O)C1. The third-order valence-corrected chi connectivity index (χ3v) is 4.14. The Morgan fingerprint density at radius 3 is 2.60 bits per heavy atom. The second-order valence-electron chi connectivity index (χ2n) is 5.13. The van der Waals surface area contributed by atoms with Gasteiger partial charge >= 0.3 is 0 Å². The van der Waals surface area contributed by atoms with Crippen LogP contribution in [0.5, 0.6) is 0 Å². The Morgan fingerprint density at radius 1 is 1.33 bits per heavy atom. The normalized spacial score (nSPS) is 27.1. The van der Waals surface area contributed by atoms with E-state index in [2.05, 4.69) is 11.8 Å². The number of nitrogens with zero attached hydrogens (tertiary/aromatic N) is 1. The minimum atomic E-state index is 0.448. The fourth-order valence-electron chi connectivity index (χ4n) is 3.34. The zero-order valence-corrected chi connectivity index (χ0v) is 9.87. The van der Waals surface area contributed by atoms with Crippen LogP contribution in [-0.4, -0.2) is 29.8 Å². The summed E-state index contributed by atoms with van der Waals surface area (Å²) < 4.78 is 0. The van der Waals surface area contributed by atoms with Crippen LogP contribution in [0.1, 0.15) is 51.9 Å². The molecule has 2 heteroatoms. The summed E-state index contributed by atoms with van der Waals surface area (Å²) in [5, 5.41) is 0. The lowest BCUT2D eigenvalue weighted by Gasteiger charge is -2.35. The first-order chi connectivity index (χ1) is 7.31. The molecule has 1 unspecified atom stereocenters. The maximum atomic E-state index is 11.3. The Balaban J connectivity index is 1.93. The average Bonchev–Trinajstić information content (AvgIpc) is 2.68. The van der Waals surface area contributed by atoms with E-state index in [4.69, 9.17) is 0 Å². The van der Waals surface area contributed by atoms with E-state index in [9.17, 15) is 4.79 Å². The van der Waals surface area contributed by atoms with Gasteiger partial charge in [0.15, 0.2) is 0 Å².